The van der Waals surface area contributed by atoms with Crippen LogP contribution in [0.4, 0.5) is 9.52 Å². The van der Waals surface area contributed by atoms with Crippen molar-refractivity contribution in [2.75, 3.05) is 5.32 Å². The molecule has 2 aromatic rings. The maximum Gasteiger partial charge on any atom is 0.257 e. The first-order valence-electron chi connectivity index (χ1n) is 4.19. The first-order chi connectivity index (χ1) is 7.65. The maximum absolute atomic E-state index is 13.0. The van der Waals surface area contributed by atoms with Crippen molar-refractivity contribution in [1.82, 2.24) is 10.2 Å². The first kappa shape index (κ1) is 11.0. The standard InChI is InChI=1S/C9H5ClFN3OS/c10-6-1-5(2-7(11)3-6)8(15)13-9-14-12-4-16-9/h1-4H,(H,13,14,15). The molecule has 0 bridgehead atoms. The van der Waals surface area contributed by atoms with Gasteiger partial charge in [-0.3, -0.25) is 10.1 Å². The molecule has 0 aliphatic carbocycles. The lowest BCUT2D eigenvalue weighted by molar-refractivity contribution is 0.102. The molecule has 0 fully saturated rings. The zero-order valence-electron chi connectivity index (χ0n) is 7.78. The molecule has 0 aliphatic heterocycles. The minimum atomic E-state index is -0.560. The van der Waals surface area contributed by atoms with E-state index in [1.54, 1.807) is 0 Å². The second-order valence-corrected chi connectivity index (χ2v) is 4.13. The van der Waals surface area contributed by atoms with Crippen molar-refractivity contribution in [2.24, 2.45) is 0 Å². The van der Waals surface area contributed by atoms with Gasteiger partial charge in [0, 0.05) is 10.6 Å². The van der Waals surface area contributed by atoms with Crippen LogP contribution in [0.15, 0.2) is 23.7 Å². The summed E-state index contributed by atoms with van der Waals surface area (Å²) < 4.78 is 13.0. The summed E-state index contributed by atoms with van der Waals surface area (Å²) in [5.74, 6) is -1.03. The quantitative estimate of drug-likeness (QED) is 0.900. The number of hydrogen-bond donors (Lipinski definition) is 1. The van der Waals surface area contributed by atoms with E-state index in [1.165, 1.54) is 22.9 Å². The molecule has 0 radical (unpaired) electrons. The maximum atomic E-state index is 13.0. The number of aromatic nitrogens is 2. The summed E-state index contributed by atoms with van der Waals surface area (Å²) in [5.41, 5.74) is 1.62. The first-order valence-corrected chi connectivity index (χ1v) is 5.44. The van der Waals surface area contributed by atoms with Crippen molar-refractivity contribution in [3.8, 4) is 0 Å². The molecule has 7 heteroatoms. The average molecular weight is 258 g/mol. The van der Waals surface area contributed by atoms with Crippen molar-refractivity contribution >= 4 is 34.0 Å². The SMILES string of the molecule is O=C(Nc1nncs1)c1cc(F)cc(Cl)c1. The number of hydrogen-bond acceptors (Lipinski definition) is 4. The Labute approximate surface area is 99.1 Å². The third-order valence-corrected chi connectivity index (χ3v) is 2.53. The second-order valence-electron chi connectivity index (χ2n) is 2.86. The van der Waals surface area contributed by atoms with Gasteiger partial charge in [0.25, 0.3) is 5.91 Å². The zero-order chi connectivity index (χ0) is 11.5. The lowest BCUT2D eigenvalue weighted by Gasteiger charge is -2.01. The Bertz CT molecular complexity index is 497. The van der Waals surface area contributed by atoms with Crippen LogP contribution in [0.2, 0.25) is 5.02 Å². The van der Waals surface area contributed by atoms with Crippen LogP contribution in [0.5, 0.6) is 0 Å². The van der Waals surface area contributed by atoms with Gasteiger partial charge in [0.05, 0.1) is 0 Å². The molecule has 4 nitrogen and oxygen atoms in total. The van der Waals surface area contributed by atoms with Gasteiger partial charge in [0.15, 0.2) is 0 Å². The summed E-state index contributed by atoms with van der Waals surface area (Å²) in [6.07, 6.45) is 0. The van der Waals surface area contributed by atoms with Gasteiger partial charge in [0.2, 0.25) is 5.13 Å². The van der Waals surface area contributed by atoms with E-state index in [2.05, 4.69) is 15.5 Å². The van der Waals surface area contributed by atoms with Crippen LogP contribution in [0.25, 0.3) is 0 Å². The number of nitrogens with zero attached hydrogens (tertiary/aromatic N) is 2. The predicted octanol–water partition coefficient (Wildman–Crippen LogP) is 2.58. The van der Waals surface area contributed by atoms with Gasteiger partial charge in [-0.15, -0.1) is 10.2 Å². The van der Waals surface area contributed by atoms with E-state index in [4.69, 9.17) is 11.6 Å². The van der Waals surface area contributed by atoms with Gasteiger partial charge >= 0.3 is 0 Å². The number of rotatable bonds is 2. The molecule has 1 amide bonds. The van der Waals surface area contributed by atoms with Crippen LogP contribution in [0, 0.1) is 5.82 Å². The average Bonchev–Trinajstić information content (AvgIpc) is 2.68. The molecule has 1 heterocycles. The van der Waals surface area contributed by atoms with Gasteiger partial charge in [0.1, 0.15) is 11.3 Å². The number of amides is 1. The number of carbonyl (C=O) groups excluding carboxylic acids is 1. The molecule has 82 valence electrons. The molecular weight excluding hydrogens is 253 g/mol. The number of benzene rings is 1. The predicted molar refractivity (Wildman–Crippen MR) is 59.3 cm³/mol. The minimum Gasteiger partial charge on any atom is -0.296 e. The number of nitrogens with one attached hydrogen (secondary N) is 1. The zero-order valence-corrected chi connectivity index (χ0v) is 9.35. The Hall–Kier alpha value is -1.53. The van der Waals surface area contributed by atoms with Crippen LogP contribution in [-0.4, -0.2) is 16.1 Å². The molecule has 16 heavy (non-hydrogen) atoms. The summed E-state index contributed by atoms with van der Waals surface area (Å²) in [6.45, 7) is 0. The van der Waals surface area contributed by atoms with Crippen LogP contribution >= 0.6 is 22.9 Å². The minimum absolute atomic E-state index is 0.139. The molecule has 1 N–H and O–H groups in total. The van der Waals surface area contributed by atoms with Gasteiger partial charge < -0.3 is 0 Å². The molecule has 0 unspecified atom stereocenters. The molecular formula is C9H5ClFN3OS. The van der Waals surface area contributed by atoms with E-state index in [1.807, 2.05) is 0 Å². The number of halogens is 2. The normalized spacial score (nSPS) is 10.1. The van der Waals surface area contributed by atoms with E-state index < -0.39 is 11.7 Å². The molecule has 2 rings (SSSR count). The Morgan fingerprint density at radius 2 is 2.25 bits per heavy atom. The lowest BCUT2D eigenvalue weighted by Crippen LogP contribution is -2.12. The summed E-state index contributed by atoms with van der Waals surface area (Å²) in [5, 5.41) is 10.2. The van der Waals surface area contributed by atoms with Gasteiger partial charge in [-0.1, -0.05) is 22.9 Å². The summed E-state index contributed by atoms with van der Waals surface area (Å²) in [7, 11) is 0. The molecule has 1 aromatic carbocycles. The monoisotopic (exact) mass is 257 g/mol. The van der Waals surface area contributed by atoms with Gasteiger partial charge in [-0.25, -0.2) is 4.39 Å². The van der Waals surface area contributed by atoms with E-state index in [-0.39, 0.29) is 10.6 Å². The van der Waals surface area contributed by atoms with E-state index >= 15 is 0 Å². The number of anilines is 1. The van der Waals surface area contributed by atoms with E-state index in [0.29, 0.717) is 5.13 Å². The third-order valence-electron chi connectivity index (χ3n) is 1.71. The topological polar surface area (TPSA) is 54.9 Å². The highest BCUT2D eigenvalue weighted by atomic mass is 35.5. The Balaban J connectivity index is 2.21. The van der Waals surface area contributed by atoms with Crippen molar-refractivity contribution in [2.45, 2.75) is 0 Å². The Morgan fingerprint density at radius 3 is 2.88 bits per heavy atom. The molecule has 0 atom stereocenters. The third kappa shape index (κ3) is 2.53. The summed E-state index contributed by atoms with van der Waals surface area (Å²) in [6, 6.07) is 3.60. The van der Waals surface area contributed by atoms with Crippen LogP contribution in [-0.2, 0) is 0 Å². The Kier molecular flexibility index (Phi) is 3.12. The van der Waals surface area contributed by atoms with Crippen LogP contribution in [0.1, 0.15) is 10.4 Å². The van der Waals surface area contributed by atoms with Crippen LogP contribution < -0.4 is 5.32 Å². The molecule has 0 saturated heterocycles. The van der Waals surface area contributed by atoms with E-state index in [0.717, 1.165) is 12.1 Å². The number of carbonyl (C=O) groups is 1. The highest BCUT2D eigenvalue weighted by Crippen LogP contribution is 2.16. The Morgan fingerprint density at radius 1 is 1.44 bits per heavy atom. The fourth-order valence-corrected chi connectivity index (χ4v) is 1.74. The van der Waals surface area contributed by atoms with Crippen LogP contribution in [0.3, 0.4) is 0 Å². The fraction of sp³-hybridized carbons (Fsp3) is 0. The highest BCUT2D eigenvalue weighted by Gasteiger charge is 2.10. The molecule has 0 saturated carbocycles. The molecule has 0 aliphatic rings. The highest BCUT2D eigenvalue weighted by molar-refractivity contribution is 7.13. The smallest absolute Gasteiger partial charge is 0.257 e. The summed E-state index contributed by atoms with van der Waals surface area (Å²) >= 11 is 6.80. The van der Waals surface area contributed by atoms with Gasteiger partial charge in [-0.2, -0.15) is 0 Å². The largest absolute Gasteiger partial charge is 0.296 e. The van der Waals surface area contributed by atoms with Crippen molar-refractivity contribution in [3.05, 3.63) is 40.1 Å². The fourth-order valence-electron chi connectivity index (χ4n) is 1.08. The van der Waals surface area contributed by atoms with Crippen molar-refractivity contribution in [1.29, 1.82) is 0 Å². The van der Waals surface area contributed by atoms with E-state index in [9.17, 15) is 9.18 Å². The molecule has 1 aromatic heterocycles. The molecule has 0 spiro atoms. The lowest BCUT2D eigenvalue weighted by atomic mass is 10.2. The summed E-state index contributed by atoms with van der Waals surface area (Å²) in [4.78, 5) is 11.6. The van der Waals surface area contributed by atoms with Crippen molar-refractivity contribution < 1.29 is 9.18 Å². The van der Waals surface area contributed by atoms with Crippen molar-refractivity contribution in [3.63, 3.8) is 0 Å². The van der Waals surface area contributed by atoms with Gasteiger partial charge in [-0.05, 0) is 18.2 Å². The second kappa shape index (κ2) is 4.54.